The molecule has 0 aromatic heterocycles. The van der Waals surface area contributed by atoms with E-state index >= 15 is 0 Å². The first kappa shape index (κ1) is 16.5. The largest absolute Gasteiger partial charge is 0.392 e. The maximum Gasteiger partial charge on any atom is 0.0672 e. The van der Waals surface area contributed by atoms with E-state index in [1.807, 2.05) is 14.0 Å². The van der Waals surface area contributed by atoms with Crippen molar-refractivity contribution >= 4 is 0 Å². The van der Waals surface area contributed by atoms with Crippen molar-refractivity contribution in [2.75, 3.05) is 13.6 Å². The summed E-state index contributed by atoms with van der Waals surface area (Å²) < 4.78 is 0. The minimum absolute atomic E-state index is 0.118. The van der Waals surface area contributed by atoms with Crippen molar-refractivity contribution in [3.8, 4) is 6.07 Å². The molecule has 4 atom stereocenters. The molecule has 110 valence electrons. The molecule has 1 aliphatic rings. The molecule has 4 unspecified atom stereocenters. The molecule has 1 rings (SSSR count). The molecule has 1 aliphatic carbocycles. The lowest BCUT2D eigenvalue weighted by molar-refractivity contribution is 0.0417. The second-order valence-corrected chi connectivity index (χ2v) is 6.94. The van der Waals surface area contributed by atoms with Gasteiger partial charge in [-0.15, -0.1) is 0 Å². The zero-order valence-electron chi connectivity index (χ0n) is 13.2. The second-order valence-electron chi connectivity index (χ2n) is 6.94. The highest BCUT2D eigenvalue weighted by Crippen LogP contribution is 2.43. The fraction of sp³-hybridized carbons (Fsp3) is 0.938. The Kier molecular flexibility index (Phi) is 5.82. The average molecular weight is 266 g/mol. The highest BCUT2D eigenvalue weighted by molar-refractivity contribution is 4.99. The normalized spacial score (nSPS) is 30.1. The molecular weight excluding hydrogens is 236 g/mol. The van der Waals surface area contributed by atoms with Crippen molar-refractivity contribution in [1.29, 1.82) is 5.26 Å². The Morgan fingerprint density at radius 2 is 2.05 bits per heavy atom. The number of rotatable bonds is 5. The van der Waals surface area contributed by atoms with Crippen LogP contribution in [0.1, 0.15) is 53.4 Å². The summed E-state index contributed by atoms with van der Waals surface area (Å²) in [6.45, 7) is 9.41. The summed E-state index contributed by atoms with van der Waals surface area (Å²) in [5.41, 5.74) is 0.352. The molecule has 3 nitrogen and oxygen atoms in total. The number of nitrogens with zero attached hydrogens (tertiary/aromatic N) is 2. The molecule has 0 aliphatic heterocycles. The van der Waals surface area contributed by atoms with Crippen LogP contribution in [-0.2, 0) is 0 Å². The Balaban J connectivity index is 2.77. The second kappa shape index (κ2) is 6.72. The first-order valence-electron chi connectivity index (χ1n) is 7.59. The molecule has 1 fully saturated rings. The summed E-state index contributed by atoms with van der Waals surface area (Å²) >= 11 is 0. The molecule has 0 heterocycles. The van der Waals surface area contributed by atoms with Crippen LogP contribution >= 0.6 is 0 Å². The molecule has 0 bridgehead atoms. The first-order chi connectivity index (χ1) is 8.81. The van der Waals surface area contributed by atoms with Gasteiger partial charge in [0, 0.05) is 12.6 Å². The van der Waals surface area contributed by atoms with E-state index < -0.39 is 0 Å². The smallest absolute Gasteiger partial charge is 0.0672 e. The summed E-state index contributed by atoms with van der Waals surface area (Å²) in [6.07, 6.45) is 4.10. The van der Waals surface area contributed by atoms with Crippen molar-refractivity contribution in [3.63, 3.8) is 0 Å². The maximum absolute atomic E-state index is 9.56. The van der Waals surface area contributed by atoms with E-state index in [1.54, 1.807) is 0 Å². The van der Waals surface area contributed by atoms with Gasteiger partial charge < -0.3 is 5.11 Å². The van der Waals surface area contributed by atoms with Crippen molar-refractivity contribution in [2.45, 2.75) is 65.5 Å². The van der Waals surface area contributed by atoms with Crippen LogP contribution < -0.4 is 0 Å². The van der Waals surface area contributed by atoms with E-state index in [4.69, 9.17) is 0 Å². The van der Waals surface area contributed by atoms with Crippen LogP contribution in [-0.4, -0.2) is 35.7 Å². The van der Waals surface area contributed by atoms with Gasteiger partial charge in [0.1, 0.15) is 0 Å². The van der Waals surface area contributed by atoms with Gasteiger partial charge in [-0.1, -0.05) is 27.2 Å². The number of hydrogen-bond donors (Lipinski definition) is 1. The Bertz CT molecular complexity index is 319. The zero-order valence-corrected chi connectivity index (χ0v) is 13.2. The molecule has 19 heavy (non-hydrogen) atoms. The number of aliphatic hydroxyl groups excluding tert-OH is 1. The van der Waals surface area contributed by atoms with Gasteiger partial charge in [0.15, 0.2) is 0 Å². The Morgan fingerprint density at radius 3 is 2.53 bits per heavy atom. The van der Waals surface area contributed by atoms with Crippen molar-refractivity contribution in [3.05, 3.63) is 0 Å². The third-order valence-corrected chi connectivity index (χ3v) is 5.12. The topological polar surface area (TPSA) is 47.3 Å². The lowest BCUT2D eigenvalue weighted by Gasteiger charge is -2.44. The molecule has 0 amide bonds. The summed E-state index contributed by atoms with van der Waals surface area (Å²) in [4.78, 5) is 2.19. The van der Waals surface area contributed by atoms with Crippen LogP contribution in [0.2, 0.25) is 0 Å². The fourth-order valence-corrected chi connectivity index (χ4v) is 3.34. The highest BCUT2D eigenvalue weighted by atomic mass is 16.3. The van der Waals surface area contributed by atoms with E-state index in [9.17, 15) is 10.4 Å². The predicted molar refractivity (Wildman–Crippen MR) is 78.6 cm³/mol. The summed E-state index contributed by atoms with van der Waals surface area (Å²) in [5, 5.41) is 18.9. The van der Waals surface area contributed by atoms with Crippen molar-refractivity contribution < 1.29 is 5.11 Å². The van der Waals surface area contributed by atoms with Crippen LogP contribution in [0.3, 0.4) is 0 Å². The maximum atomic E-state index is 9.56. The lowest BCUT2D eigenvalue weighted by atomic mass is 9.66. The molecule has 0 aromatic rings. The molecule has 0 aromatic carbocycles. The minimum Gasteiger partial charge on any atom is -0.392 e. The lowest BCUT2D eigenvalue weighted by Crippen LogP contribution is -2.46. The molecule has 1 N–H and O–H groups in total. The molecule has 0 saturated heterocycles. The quantitative estimate of drug-likeness (QED) is 0.832. The minimum atomic E-state index is -0.330. The Hall–Kier alpha value is -0.590. The number of aliphatic hydroxyl groups is 1. The highest BCUT2D eigenvalue weighted by Gasteiger charge is 2.38. The summed E-state index contributed by atoms with van der Waals surface area (Å²) in [7, 11) is 2.04. The molecule has 1 saturated carbocycles. The van der Waals surface area contributed by atoms with E-state index in [1.165, 1.54) is 6.42 Å². The van der Waals surface area contributed by atoms with E-state index in [0.717, 1.165) is 19.3 Å². The van der Waals surface area contributed by atoms with Gasteiger partial charge in [0.25, 0.3) is 0 Å². The molecule has 0 radical (unpaired) electrons. The standard InChI is InChI=1S/C16H30N2O/c1-6-16(3,4)14-8-7-13(10-17)15(9-14)18(5)11-12(2)19/h12-15,19H,6-9,11H2,1-5H3. The predicted octanol–water partition coefficient (Wildman–Crippen LogP) is 3.04. The molecular formula is C16H30N2O. The van der Waals surface area contributed by atoms with Gasteiger partial charge in [0.05, 0.1) is 18.1 Å². The zero-order chi connectivity index (χ0) is 14.6. The first-order valence-corrected chi connectivity index (χ1v) is 7.59. The Labute approximate surface area is 118 Å². The van der Waals surface area contributed by atoms with Crippen LogP contribution in [0.15, 0.2) is 0 Å². The summed E-state index contributed by atoms with van der Waals surface area (Å²) in [6, 6.07) is 2.77. The Morgan fingerprint density at radius 1 is 1.42 bits per heavy atom. The SMILES string of the molecule is CCC(C)(C)C1CCC(C#N)C(N(C)CC(C)O)C1. The monoisotopic (exact) mass is 266 g/mol. The van der Waals surface area contributed by atoms with Gasteiger partial charge in [-0.3, -0.25) is 4.90 Å². The number of hydrogen-bond acceptors (Lipinski definition) is 3. The van der Waals surface area contributed by atoms with Gasteiger partial charge in [-0.05, 0) is 44.6 Å². The van der Waals surface area contributed by atoms with Gasteiger partial charge in [0.2, 0.25) is 0 Å². The fourth-order valence-electron chi connectivity index (χ4n) is 3.34. The van der Waals surface area contributed by atoms with Gasteiger partial charge in [-0.2, -0.15) is 5.26 Å². The number of likely N-dealkylation sites (N-methyl/N-ethyl adjacent to an activating group) is 1. The van der Waals surface area contributed by atoms with Gasteiger partial charge >= 0.3 is 0 Å². The van der Waals surface area contributed by atoms with E-state index in [2.05, 4.69) is 31.7 Å². The van der Waals surface area contributed by atoms with Crippen LogP contribution in [0.4, 0.5) is 0 Å². The van der Waals surface area contributed by atoms with E-state index in [0.29, 0.717) is 23.9 Å². The van der Waals surface area contributed by atoms with Crippen molar-refractivity contribution in [1.82, 2.24) is 4.90 Å². The summed E-state index contributed by atoms with van der Waals surface area (Å²) in [5.74, 6) is 0.802. The van der Waals surface area contributed by atoms with Gasteiger partial charge in [-0.25, -0.2) is 0 Å². The molecule has 0 spiro atoms. The number of nitriles is 1. The molecule has 3 heteroatoms. The average Bonchev–Trinajstić information content (AvgIpc) is 2.37. The van der Waals surface area contributed by atoms with Crippen LogP contribution in [0.25, 0.3) is 0 Å². The van der Waals surface area contributed by atoms with Crippen molar-refractivity contribution in [2.24, 2.45) is 17.3 Å². The third kappa shape index (κ3) is 4.19. The van der Waals surface area contributed by atoms with Crippen LogP contribution in [0.5, 0.6) is 0 Å². The third-order valence-electron chi connectivity index (χ3n) is 5.12. The van der Waals surface area contributed by atoms with E-state index in [-0.39, 0.29) is 12.0 Å². The van der Waals surface area contributed by atoms with Crippen LogP contribution in [0, 0.1) is 28.6 Å².